The first kappa shape index (κ1) is 11.0. The number of fused-ring (bicyclic) bond motifs is 3. The van der Waals surface area contributed by atoms with Crippen LogP contribution < -0.4 is 0 Å². The van der Waals surface area contributed by atoms with Crippen molar-refractivity contribution >= 4 is 5.97 Å². The highest BCUT2D eigenvalue weighted by molar-refractivity contribution is 5.83. The molecule has 18 heavy (non-hydrogen) atoms. The summed E-state index contributed by atoms with van der Waals surface area (Å²) in [5.74, 6) is 1.12. The first-order chi connectivity index (χ1) is 8.47. The SMILES string of the molecule is CC1=CC2CC3(C(=O)O[C@@H]4O[C@@H]43)C(C)(C)C2CC1. The number of esters is 1. The van der Waals surface area contributed by atoms with E-state index in [4.69, 9.17) is 9.47 Å². The van der Waals surface area contributed by atoms with Crippen molar-refractivity contribution in [3.63, 3.8) is 0 Å². The molecule has 3 heteroatoms. The Labute approximate surface area is 108 Å². The summed E-state index contributed by atoms with van der Waals surface area (Å²) in [6.07, 6.45) is 5.48. The number of epoxide rings is 1. The molecular formula is C15H20O3. The smallest absolute Gasteiger partial charge is 0.317 e. The van der Waals surface area contributed by atoms with Gasteiger partial charge in [0, 0.05) is 0 Å². The summed E-state index contributed by atoms with van der Waals surface area (Å²) in [7, 11) is 0. The van der Waals surface area contributed by atoms with Crippen LogP contribution in [-0.2, 0) is 14.3 Å². The fourth-order valence-corrected chi connectivity index (χ4v) is 4.92. The maximum absolute atomic E-state index is 12.4. The Bertz CT molecular complexity index is 464. The lowest BCUT2D eigenvalue weighted by Crippen LogP contribution is -2.45. The summed E-state index contributed by atoms with van der Waals surface area (Å²) < 4.78 is 10.9. The van der Waals surface area contributed by atoms with E-state index >= 15 is 0 Å². The van der Waals surface area contributed by atoms with Crippen LogP contribution in [0.3, 0.4) is 0 Å². The molecule has 0 aromatic heterocycles. The van der Waals surface area contributed by atoms with Gasteiger partial charge < -0.3 is 9.47 Å². The number of hydrogen-bond donors (Lipinski definition) is 0. The van der Waals surface area contributed by atoms with E-state index in [2.05, 4.69) is 26.8 Å². The molecule has 3 fully saturated rings. The second-order valence-electron chi connectivity index (χ2n) is 7.05. The Kier molecular flexibility index (Phi) is 1.84. The van der Waals surface area contributed by atoms with Gasteiger partial charge in [0.1, 0.15) is 11.5 Å². The monoisotopic (exact) mass is 248 g/mol. The van der Waals surface area contributed by atoms with Gasteiger partial charge in [-0.3, -0.25) is 4.79 Å². The van der Waals surface area contributed by atoms with E-state index in [1.165, 1.54) is 18.4 Å². The quantitative estimate of drug-likeness (QED) is 0.376. The maximum Gasteiger partial charge on any atom is 0.317 e. The van der Waals surface area contributed by atoms with E-state index in [-0.39, 0.29) is 29.2 Å². The zero-order valence-electron chi connectivity index (χ0n) is 11.2. The minimum Gasteiger partial charge on any atom is -0.432 e. The van der Waals surface area contributed by atoms with Gasteiger partial charge in [0.15, 0.2) is 0 Å². The summed E-state index contributed by atoms with van der Waals surface area (Å²) in [6, 6.07) is 0. The maximum atomic E-state index is 12.4. The second kappa shape index (κ2) is 3.01. The lowest BCUT2D eigenvalue weighted by molar-refractivity contribution is -0.165. The number of allylic oxidation sites excluding steroid dienone is 2. The van der Waals surface area contributed by atoms with E-state index in [1.54, 1.807) is 0 Å². The molecule has 2 aliphatic heterocycles. The van der Waals surface area contributed by atoms with Gasteiger partial charge in [0.05, 0.1) is 0 Å². The van der Waals surface area contributed by atoms with Gasteiger partial charge in [0.25, 0.3) is 0 Å². The Balaban J connectivity index is 1.80. The predicted molar refractivity (Wildman–Crippen MR) is 65.6 cm³/mol. The van der Waals surface area contributed by atoms with Crippen LogP contribution in [0.2, 0.25) is 0 Å². The zero-order valence-corrected chi connectivity index (χ0v) is 11.2. The van der Waals surface area contributed by atoms with Crippen LogP contribution in [0.15, 0.2) is 11.6 Å². The van der Waals surface area contributed by atoms with E-state index in [0.717, 1.165) is 6.42 Å². The minimum absolute atomic E-state index is 0.00537. The van der Waals surface area contributed by atoms with Gasteiger partial charge in [-0.15, -0.1) is 0 Å². The van der Waals surface area contributed by atoms with Crippen molar-refractivity contribution in [1.82, 2.24) is 0 Å². The molecule has 2 saturated heterocycles. The number of hydrogen-bond acceptors (Lipinski definition) is 3. The summed E-state index contributed by atoms with van der Waals surface area (Å²) in [5.41, 5.74) is 1.08. The topological polar surface area (TPSA) is 38.8 Å². The van der Waals surface area contributed by atoms with Crippen molar-refractivity contribution < 1.29 is 14.3 Å². The van der Waals surface area contributed by atoms with Crippen molar-refractivity contribution in [3.05, 3.63) is 11.6 Å². The molecule has 3 nitrogen and oxygen atoms in total. The van der Waals surface area contributed by atoms with Gasteiger partial charge in [-0.25, -0.2) is 0 Å². The third-order valence-electron chi connectivity index (χ3n) is 6.02. The summed E-state index contributed by atoms with van der Waals surface area (Å²) in [4.78, 5) is 12.4. The van der Waals surface area contributed by atoms with Crippen LogP contribution >= 0.6 is 0 Å². The zero-order chi connectivity index (χ0) is 12.7. The van der Waals surface area contributed by atoms with E-state index in [1.807, 2.05) is 0 Å². The molecular weight excluding hydrogens is 228 g/mol. The van der Waals surface area contributed by atoms with E-state index in [9.17, 15) is 4.79 Å². The molecule has 1 spiro atoms. The highest BCUT2D eigenvalue weighted by Gasteiger charge is 2.77. The largest absolute Gasteiger partial charge is 0.432 e. The molecule has 0 aromatic carbocycles. The molecule has 2 heterocycles. The lowest BCUT2D eigenvalue weighted by atomic mass is 9.62. The Morgan fingerprint density at radius 2 is 2.17 bits per heavy atom. The Hall–Kier alpha value is -0.830. The third kappa shape index (κ3) is 1.04. The number of carbonyl (C=O) groups excluding carboxylic acids is 1. The van der Waals surface area contributed by atoms with Crippen molar-refractivity contribution in [1.29, 1.82) is 0 Å². The molecule has 98 valence electrons. The van der Waals surface area contributed by atoms with Crippen molar-refractivity contribution in [2.45, 2.75) is 52.4 Å². The van der Waals surface area contributed by atoms with Gasteiger partial charge in [0.2, 0.25) is 6.29 Å². The first-order valence-electron chi connectivity index (χ1n) is 7.00. The van der Waals surface area contributed by atoms with Crippen molar-refractivity contribution in [3.8, 4) is 0 Å². The number of rotatable bonds is 0. The summed E-state index contributed by atoms with van der Waals surface area (Å²) >= 11 is 0. The fourth-order valence-electron chi connectivity index (χ4n) is 4.92. The highest BCUT2D eigenvalue weighted by atomic mass is 16.8. The Morgan fingerprint density at radius 3 is 2.83 bits per heavy atom. The van der Waals surface area contributed by atoms with Gasteiger partial charge in [-0.2, -0.15) is 0 Å². The molecule has 0 radical (unpaired) electrons. The molecule has 0 N–H and O–H groups in total. The molecule has 3 unspecified atom stereocenters. The van der Waals surface area contributed by atoms with Crippen LogP contribution in [0, 0.1) is 22.7 Å². The number of ether oxygens (including phenoxy) is 2. The minimum atomic E-state index is -0.381. The van der Waals surface area contributed by atoms with Gasteiger partial charge in [-0.05, 0) is 43.4 Å². The predicted octanol–water partition coefficient (Wildman–Crippen LogP) is 2.66. The van der Waals surface area contributed by atoms with E-state index in [0.29, 0.717) is 11.8 Å². The molecule has 4 rings (SSSR count). The average molecular weight is 248 g/mol. The van der Waals surface area contributed by atoms with Crippen LogP contribution in [0.1, 0.15) is 40.0 Å². The third-order valence-corrected chi connectivity index (χ3v) is 6.02. The van der Waals surface area contributed by atoms with Crippen LogP contribution in [0.5, 0.6) is 0 Å². The summed E-state index contributed by atoms with van der Waals surface area (Å²) in [6.45, 7) is 6.70. The summed E-state index contributed by atoms with van der Waals surface area (Å²) in [5, 5.41) is 0. The van der Waals surface area contributed by atoms with Crippen LogP contribution in [0.4, 0.5) is 0 Å². The van der Waals surface area contributed by atoms with Gasteiger partial charge in [-0.1, -0.05) is 25.5 Å². The molecule has 0 aromatic rings. The molecule has 4 aliphatic rings. The van der Waals surface area contributed by atoms with Crippen molar-refractivity contribution in [2.75, 3.05) is 0 Å². The van der Waals surface area contributed by atoms with Crippen LogP contribution in [-0.4, -0.2) is 18.4 Å². The fraction of sp³-hybridized carbons (Fsp3) is 0.800. The number of carbonyl (C=O) groups is 1. The first-order valence-corrected chi connectivity index (χ1v) is 7.00. The van der Waals surface area contributed by atoms with Crippen molar-refractivity contribution in [2.24, 2.45) is 22.7 Å². The second-order valence-corrected chi connectivity index (χ2v) is 7.05. The molecule has 0 bridgehead atoms. The molecule has 0 amide bonds. The van der Waals surface area contributed by atoms with Crippen LogP contribution in [0.25, 0.3) is 0 Å². The lowest BCUT2D eigenvalue weighted by Gasteiger charge is -2.40. The molecule has 5 atom stereocenters. The molecule has 2 aliphatic carbocycles. The van der Waals surface area contributed by atoms with E-state index < -0.39 is 0 Å². The normalized spacial score (nSPS) is 51.7. The Morgan fingerprint density at radius 1 is 1.39 bits per heavy atom. The average Bonchev–Trinajstić information content (AvgIpc) is 2.93. The highest BCUT2D eigenvalue weighted by Crippen LogP contribution is 2.69. The molecule has 1 saturated carbocycles. The van der Waals surface area contributed by atoms with Gasteiger partial charge >= 0.3 is 5.97 Å². The standard InChI is InChI=1S/C15H20O3/c1-8-4-5-10-9(6-8)7-15(14(10,2)3)11-12(17-11)18-13(15)16/h6,9-12H,4-5,7H2,1-3H3/t9?,10?,11-,12-,15?/m0/s1.